The molecule has 1 saturated heterocycles. The molecule has 0 saturated carbocycles. The maximum atomic E-state index is 12.7. The third kappa shape index (κ3) is 5.32. The summed E-state index contributed by atoms with van der Waals surface area (Å²) in [6.07, 6.45) is 1.98. The van der Waals surface area contributed by atoms with Crippen LogP contribution in [-0.2, 0) is 4.79 Å². The van der Waals surface area contributed by atoms with Crippen LogP contribution < -0.4 is 19.7 Å². The second-order valence-electron chi connectivity index (χ2n) is 7.53. The fraction of sp³-hybridized carbons (Fsp3) is 0.619. The molecule has 0 aliphatic carbocycles. The van der Waals surface area contributed by atoms with Gasteiger partial charge in [0, 0.05) is 30.9 Å². The lowest BCUT2D eigenvalue weighted by Gasteiger charge is -2.21. The molecule has 1 N–H and O–H groups in total. The maximum Gasteiger partial charge on any atom is 0.325 e. The highest BCUT2D eigenvalue weighted by Crippen LogP contribution is 2.36. The predicted molar refractivity (Wildman–Crippen MR) is 112 cm³/mol. The number of fused-ring (bicyclic) bond motifs is 1. The van der Waals surface area contributed by atoms with Crippen molar-refractivity contribution in [3.05, 3.63) is 18.2 Å². The summed E-state index contributed by atoms with van der Waals surface area (Å²) in [7, 11) is 0. The molecule has 8 heteroatoms. The number of benzene rings is 1. The second kappa shape index (κ2) is 9.82. The van der Waals surface area contributed by atoms with E-state index < -0.39 is 0 Å². The molecular weight excluding hydrogens is 372 g/mol. The fourth-order valence-corrected chi connectivity index (χ4v) is 3.75. The van der Waals surface area contributed by atoms with Crippen LogP contribution in [0.2, 0.25) is 0 Å². The molecule has 1 atom stereocenters. The van der Waals surface area contributed by atoms with Crippen molar-refractivity contribution in [1.29, 1.82) is 0 Å². The number of carbonyl (C=O) groups excluding carboxylic acids is 2. The molecule has 160 valence electrons. The number of ether oxygens (including phenoxy) is 2. The highest BCUT2D eigenvalue weighted by molar-refractivity contribution is 5.96. The van der Waals surface area contributed by atoms with Crippen molar-refractivity contribution >= 4 is 17.6 Å². The lowest BCUT2D eigenvalue weighted by molar-refractivity contribution is -0.122. The van der Waals surface area contributed by atoms with Crippen LogP contribution in [0.4, 0.5) is 10.5 Å². The molecule has 3 rings (SSSR count). The molecule has 1 aromatic rings. The van der Waals surface area contributed by atoms with Gasteiger partial charge in [-0.2, -0.15) is 0 Å². The third-order valence-corrected chi connectivity index (χ3v) is 5.51. The second-order valence-corrected chi connectivity index (χ2v) is 7.53. The molecule has 0 aromatic heterocycles. The summed E-state index contributed by atoms with van der Waals surface area (Å²) >= 11 is 0. The lowest BCUT2D eigenvalue weighted by atomic mass is 10.1. The minimum absolute atomic E-state index is 0.0836. The highest BCUT2D eigenvalue weighted by atomic mass is 16.7. The van der Waals surface area contributed by atoms with Gasteiger partial charge < -0.3 is 24.6 Å². The van der Waals surface area contributed by atoms with E-state index in [-0.39, 0.29) is 31.3 Å². The Hall–Kier alpha value is -2.48. The van der Waals surface area contributed by atoms with Crippen molar-refractivity contribution < 1.29 is 19.1 Å². The Balaban J connectivity index is 1.44. The zero-order chi connectivity index (χ0) is 20.8. The van der Waals surface area contributed by atoms with Crippen LogP contribution in [0.1, 0.15) is 33.6 Å². The largest absolute Gasteiger partial charge is 0.454 e. The molecule has 3 amide bonds. The number of amides is 3. The zero-order valence-electron chi connectivity index (χ0n) is 17.6. The Morgan fingerprint density at radius 3 is 2.72 bits per heavy atom. The van der Waals surface area contributed by atoms with Gasteiger partial charge >= 0.3 is 6.03 Å². The van der Waals surface area contributed by atoms with E-state index in [1.807, 2.05) is 19.1 Å². The van der Waals surface area contributed by atoms with Gasteiger partial charge in [-0.25, -0.2) is 4.79 Å². The molecule has 8 nitrogen and oxygen atoms in total. The van der Waals surface area contributed by atoms with Crippen LogP contribution in [0.25, 0.3) is 0 Å². The van der Waals surface area contributed by atoms with E-state index in [0.29, 0.717) is 24.6 Å². The predicted octanol–water partition coefficient (Wildman–Crippen LogP) is 2.28. The van der Waals surface area contributed by atoms with Gasteiger partial charge in [0.1, 0.15) is 6.54 Å². The third-order valence-electron chi connectivity index (χ3n) is 5.51. The van der Waals surface area contributed by atoms with E-state index in [4.69, 9.17) is 9.47 Å². The molecule has 1 unspecified atom stereocenters. The average Bonchev–Trinajstić information content (AvgIpc) is 3.31. The maximum absolute atomic E-state index is 12.7. The van der Waals surface area contributed by atoms with Gasteiger partial charge in [-0.3, -0.25) is 9.69 Å². The number of rotatable bonds is 10. The molecule has 1 fully saturated rings. The first-order valence-corrected chi connectivity index (χ1v) is 10.5. The van der Waals surface area contributed by atoms with E-state index in [1.54, 1.807) is 15.9 Å². The quantitative estimate of drug-likeness (QED) is 0.648. The topological polar surface area (TPSA) is 74.4 Å². The van der Waals surface area contributed by atoms with Gasteiger partial charge in [0.25, 0.3) is 0 Å². The molecule has 2 aliphatic rings. The zero-order valence-corrected chi connectivity index (χ0v) is 17.6. The van der Waals surface area contributed by atoms with Crippen LogP contribution in [0.3, 0.4) is 0 Å². The Morgan fingerprint density at radius 2 is 1.97 bits per heavy atom. The van der Waals surface area contributed by atoms with Crippen molar-refractivity contribution in [1.82, 2.24) is 15.1 Å². The molecule has 2 heterocycles. The van der Waals surface area contributed by atoms with Crippen LogP contribution in [0, 0.1) is 0 Å². The van der Waals surface area contributed by atoms with Gasteiger partial charge in [-0.05, 0) is 51.5 Å². The fourth-order valence-electron chi connectivity index (χ4n) is 3.75. The standard InChI is InChI=1S/C21H32N4O4/c1-4-23(5-2)10-6-7-16(3)22-20(26)14-24-11-12-25(21(24)27)17-8-9-18-19(13-17)29-15-28-18/h8-9,13,16H,4-7,10-12,14-15H2,1-3H3,(H,22,26). The van der Waals surface area contributed by atoms with Crippen molar-refractivity contribution in [3.63, 3.8) is 0 Å². The van der Waals surface area contributed by atoms with Gasteiger partial charge in [-0.15, -0.1) is 0 Å². The Kier molecular flexibility index (Phi) is 7.19. The summed E-state index contributed by atoms with van der Waals surface area (Å²) in [6.45, 7) is 10.8. The average molecular weight is 405 g/mol. The van der Waals surface area contributed by atoms with Crippen molar-refractivity contribution in [2.24, 2.45) is 0 Å². The first-order chi connectivity index (χ1) is 14.0. The van der Waals surface area contributed by atoms with Crippen molar-refractivity contribution in [2.75, 3.05) is 51.0 Å². The van der Waals surface area contributed by atoms with Crippen LogP contribution >= 0.6 is 0 Å². The molecule has 2 aliphatic heterocycles. The number of nitrogens with zero attached hydrogens (tertiary/aromatic N) is 3. The monoisotopic (exact) mass is 404 g/mol. The minimum Gasteiger partial charge on any atom is -0.454 e. The summed E-state index contributed by atoms with van der Waals surface area (Å²) in [6, 6.07) is 5.39. The Bertz CT molecular complexity index is 723. The number of urea groups is 1. The number of hydrogen-bond acceptors (Lipinski definition) is 5. The van der Waals surface area contributed by atoms with Crippen LogP contribution in [-0.4, -0.2) is 73.8 Å². The molecule has 1 aromatic carbocycles. The molecule has 0 bridgehead atoms. The van der Waals surface area contributed by atoms with Gasteiger partial charge in [0.15, 0.2) is 11.5 Å². The molecule has 0 spiro atoms. The lowest BCUT2D eigenvalue weighted by Crippen LogP contribution is -2.43. The Labute approximate surface area is 172 Å². The normalized spacial score (nSPS) is 16.6. The Morgan fingerprint density at radius 1 is 1.21 bits per heavy atom. The number of anilines is 1. The summed E-state index contributed by atoms with van der Waals surface area (Å²) in [4.78, 5) is 30.8. The van der Waals surface area contributed by atoms with E-state index in [1.165, 1.54) is 0 Å². The number of hydrogen-bond donors (Lipinski definition) is 1. The summed E-state index contributed by atoms with van der Waals surface area (Å²) < 4.78 is 10.7. The van der Waals surface area contributed by atoms with Crippen LogP contribution in [0.15, 0.2) is 18.2 Å². The van der Waals surface area contributed by atoms with Crippen molar-refractivity contribution in [2.45, 2.75) is 39.7 Å². The van der Waals surface area contributed by atoms with Gasteiger partial charge in [-0.1, -0.05) is 13.8 Å². The van der Waals surface area contributed by atoms with Crippen molar-refractivity contribution in [3.8, 4) is 11.5 Å². The van der Waals surface area contributed by atoms with E-state index in [2.05, 4.69) is 24.1 Å². The molecule has 0 radical (unpaired) electrons. The van der Waals surface area contributed by atoms with Gasteiger partial charge in [0.2, 0.25) is 12.7 Å². The van der Waals surface area contributed by atoms with E-state index in [9.17, 15) is 9.59 Å². The number of carbonyl (C=O) groups is 2. The van der Waals surface area contributed by atoms with Gasteiger partial charge in [0.05, 0.1) is 0 Å². The number of nitrogens with one attached hydrogen (secondary N) is 1. The minimum atomic E-state index is -0.159. The van der Waals surface area contributed by atoms with Crippen LogP contribution in [0.5, 0.6) is 11.5 Å². The molecular formula is C21H32N4O4. The molecule has 29 heavy (non-hydrogen) atoms. The first kappa shape index (κ1) is 21.2. The van der Waals surface area contributed by atoms with E-state index >= 15 is 0 Å². The summed E-state index contributed by atoms with van der Waals surface area (Å²) in [5, 5.41) is 3.02. The summed E-state index contributed by atoms with van der Waals surface area (Å²) in [5.74, 6) is 1.22. The first-order valence-electron chi connectivity index (χ1n) is 10.5. The van der Waals surface area contributed by atoms with E-state index in [0.717, 1.165) is 38.2 Å². The smallest absolute Gasteiger partial charge is 0.325 e. The SMILES string of the molecule is CCN(CC)CCCC(C)NC(=O)CN1CCN(c2ccc3c(c2)OCO3)C1=O. The summed E-state index contributed by atoms with van der Waals surface area (Å²) in [5.41, 5.74) is 0.756. The highest BCUT2D eigenvalue weighted by Gasteiger charge is 2.31.